The maximum absolute atomic E-state index is 10.9. The summed E-state index contributed by atoms with van der Waals surface area (Å²) in [6.45, 7) is 1.70. The van der Waals surface area contributed by atoms with Crippen LogP contribution in [-0.4, -0.2) is 16.9 Å². The highest BCUT2D eigenvalue weighted by atomic mass is 35.5. The van der Waals surface area contributed by atoms with Crippen LogP contribution in [0.25, 0.3) is 10.2 Å². The Morgan fingerprint density at radius 1 is 1.62 bits per heavy atom. The number of hydrogen-bond donors (Lipinski definition) is 2. The van der Waals surface area contributed by atoms with E-state index in [9.17, 15) is 4.79 Å². The number of nitrogens with two attached hydrogens (primary N) is 1. The third-order valence-corrected chi connectivity index (χ3v) is 3.32. The molecule has 0 aliphatic rings. The van der Waals surface area contributed by atoms with Crippen molar-refractivity contribution in [1.29, 1.82) is 0 Å². The van der Waals surface area contributed by atoms with E-state index in [0.717, 1.165) is 10.2 Å². The number of thiazole rings is 1. The monoisotopic (exact) mass is 255 g/mol. The number of nitrogens with zero attached hydrogens (tertiary/aromatic N) is 1. The molecule has 0 radical (unpaired) electrons. The first kappa shape index (κ1) is 11.2. The minimum Gasteiger partial charge on any atom is -0.368 e. The predicted octanol–water partition coefficient (Wildman–Crippen LogP) is 2.24. The Morgan fingerprint density at radius 2 is 2.38 bits per heavy atom. The molecule has 1 heterocycles. The van der Waals surface area contributed by atoms with Gasteiger partial charge in [0.1, 0.15) is 6.04 Å². The van der Waals surface area contributed by atoms with Crippen LogP contribution in [0.3, 0.4) is 0 Å². The molecule has 0 aliphatic heterocycles. The van der Waals surface area contributed by atoms with Gasteiger partial charge in [-0.25, -0.2) is 4.98 Å². The second-order valence-electron chi connectivity index (χ2n) is 3.40. The van der Waals surface area contributed by atoms with E-state index in [0.29, 0.717) is 10.2 Å². The molecule has 1 amide bonds. The Hall–Kier alpha value is -1.33. The van der Waals surface area contributed by atoms with Gasteiger partial charge < -0.3 is 11.1 Å². The number of nitrogens with one attached hydrogen (secondary N) is 1. The van der Waals surface area contributed by atoms with E-state index in [1.54, 1.807) is 13.0 Å². The van der Waals surface area contributed by atoms with Crippen LogP contribution >= 0.6 is 22.9 Å². The topological polar surface area (TPSA) is 68.0 Å². The smallest absolute Gasteiger partial charge is 0.239 e. The van der Waals surface area contributed by atoms with Crippen LogP contribution in [0.5, 0.6) is 0 Å². The van der Waals surface area contributed by atoms with Crippen molar-refractivity contribution in [3.63, 3.8) is 0 Å². The first-order valence-corrected chi connectivity index (χ1v) is 5.87. The van der Waals surface area contributed by atoms with Crippen molar-refractivity contribution in [1.82, 2.24) is 4.98 Å². The molecular weight excluding hydrogens is 246 g/mol. The zero-order chi connectivity index (χ0) is 11.7. The van der Waals surface area contributed by atoms with Crippen molar-refractivity contribution >= 4 is 44.2 Å². The van der Waals surface area contributed by atoms with Gasteiger partial charge in [0.2, 0.25) is 5.91 Å². The molecule has 1 unspecified atom stereocenters. The van der Waals surface area contributed by atoms with Gasteiger partial charge in [0, 0.05) is 5.02 Å². The first-order valence-electron chi connectivity index (χ1n) is 4.68. The number of rotatable bonds is 3. The number of carbonyl (C=O) groups is 1. The van der Waals surface area contributed by atoms with Crippen molar-refractivity contribution in [3.05, 3.63) is 23.2 Å². The summed E-state index contributed by atoms with van der Waals surface area (Å²) in [4.78, 5) is 15.2. The summed E-state index contributed by atoms with van der Waals surface area (Å²) in [5.74, 6) is -0.405. The predicted molar refractivity (Wildman–Crippen MR) is 66.9 cm³/mol. The largest absolute Gasteiger partial charge is 0.368 e. The van der Waals surface area contributed by atoms with Crippen LogP contribution in [0.1, 0.15) is 6.92 Å². The minimum atomic E-state index is -0.434. The van der Waals surface area contributed by atoms with E-state index < -0.39 is 11.9 Å². The van der Waals surface area contributed by atoms with Gasteiger partial charge in [0.05, 0.1) is 10.2 Å². The van der Waals surface area contributed by atoms with Crippen LogP contribution in [0.15, 0.2) is 18.2 Å². The summed E-state index contributed by atoms with van der Waals surface area (Å²) < 4.78 is 1.02. The number of amides is 1. The van der Waals surface area contributed by atoms with Crippen molar-refractivity contribution < 1.29 is 4.79 Å². The second kappa shape index (κ2) is 4.27. The number of halogens is 1. The molecule has 0 spiro atoms. The van der Waals surface area contributed by atoms with Crippen LogP contribution in [0.2, 0.25) is 5.02 Å². The van der Waals surface area contributed by atoms with Gasteiger partial charge in [-0.3, -0.25) is 4.79 Å². The number of primary amides is 1. The molecule has 16 heavy (non-hydrogen) atoms. The molecule has 0 saturated carbocycles. The summed E-state index contributed by atoms with van der Waals surface area (Å²) in [6, 6.07) is 5.06. The molecule has 1 aromatic carbocycles. The molecule has 6 heteroatoms. The lowest BCUT2D eigenvalue weighted by atomic mass is 10.3. The summed E-state index contributed by atoms with van der Waals surface area (Å²) in [5.41, 5.74) is 5.97. The lowest BCUT2D eigenvalue weighted by molar-refractivity contribution is -0.118. The van der Waals surface area contributed by atoms with Crippen LogP contribution in [0, 0.1) is 0 Å². The van der Waals surface area contributed by atoms with E-state index in [4.69, 9.17) is 17.3 Å². The molecule has 2 rings (SSSR count). The third kappa shape index (κ3) is 2.25. The highest BCUT2D eigenvalue weighted by Gasteiger charge is 2.11. The Bertz CT molecular complexity index is 540. The average Bonchev–Trinajstić information content (AvgIpc) is 2.58. The Morgan fingerprint density at radius 3 is 3.06 bits per heavy atom. The lowest BCUT2D eigenvalue weighted by Crippen LogP contribution is -2.32. The van der Waals surface area contributed by atoms with Gasteiger partial charge in [-0.2, -0.15) is 0 Å². The summed E-state index contributed by atoms with van der Waals surface area (Å²) in [5, 5.41) is 4.26. The fourth-order valence-corrected chi connectivity index (χ4v) is 2.32. The van der Waals surface area contributed by atoms with Crippen molar-refractivity contribution in [2.45, 2.75) is 13.0 Å². The molecular formula is C10H10ClN3OS. The summed E-state index contributed by atoms with van der Waals surface area (Å²) in [7, 11) is 0. The van der Waals surface area contributed by atoms with E-state index >= 15 is 0 Å². The van der Waals surface area contributed by atoms with Crippen LogP contribution in [0.4, 0.5) is 5.13 Å². The van der Waals surface area contributed by atoms with E-state index in [1.807, 2.05) is 12.1 Å². The number of hydrogen-bond acceptors (Lipinski definition) is 4. The molecule has 2 aromatic rings. The Labute approximate surface area is 101 Å². The van der Waals surface area contributed by atoms with Crippen LogP contribution in [-0.2, 0) is 4.79 Å². The molecule has 84 valence electrons. The fraction of sp³-hybridized carbons (Fsp3) is 0.200. The number of carbonyl (C=O) groups excluding carboxylic acids is 1. The zero-order valence-electron chi connectivity index (χ0n) is 8.53. The SMILES string of the molecule is CC(Nc1nc2cc(Cl)ccc2s1)C(N)=O. The molecule has 1 aromatic heterocycles. The second-order valence-corrected chi connectivity index (χ2v) is 4.87. The number of anilines is 1. The molecule has 0 fully saturated rings. The van der Waals surface area contributed by atoms with E-state index in [1.165, 1.54) is 11.3 Å². The lowest BCUT2D eigenvalue weighted by Gasteiger charge is -2.06. The van der Waals surface area contributed by atoms with Gasteiger partial charge in [-0.15, -0.1) is 0 Å². The molecule has 1 atom stereocenters. The van der Waals surface area contributed by atoms with Crippen molar-refractivity contribution in [3.8, 4) is 0 Å². The fourth-order valence-electron chi connectivity index (χ4n) is 1.22. The Balaban J connectivity index is 2.29. The summed E-state index contributed by atoms with van der Waals surface area (Å²) >= 11 is 7.32. The van der Waals surface area contributed by atoms with E-state index in [2.05, 4.69) is 10.3 Å². The minimum absolute atomic E-state index is 0.405. The maximum Gasteiger partial charge on any atom is 0.239 e. The van der Waals surface area contributed by atoms with Crippen molar-refractivity contribution in [2.75, 3.05) is 5.32 Å². The number of fused-ring (bicyclic) bond motifs is 1. The molecule has 0 saturated heterocycles. The third-order valence-electron chi connectivity index (χ3n) is 2.12. The normalized spacial score (nSPS) is 12.6. The molecule has 0 bridgehead atoms. The van der Waals surface area contributed by atoms with Crippen molar-refractivity contribution in [2.24, 2.45) is 5.73 Å². The zero-order valence-corrected chi connectivity index (χ0v) is 10.1. The summed E-state index contributed by atoms with van der Waals surface area (Å²) in [6.07, 6.45) is 0. The quantitative estimate of drug-likeness (QED) is 0.884. The van der Waals surface area contributed by atoms with Gasteiger partial charge in [-0.1, -0.05) is 22.9 Å². The first-order chi connectivity index (χ1) is 7.56. The Kier molecular flexibility index (Phi) is 2.98. The molecule has 4 nitrogen and oxygen atoms in total. The van der Waals surface area contributed by atoms with E-state index in [-0.39, 0.29) is 0 Å². The number of benzene rings is 1. The van der Waals surface area contributed by atoms with Gasteiger partial charge >= 0.3 is 0 Å². The highest BCUT2D eigenvalue weighted by Crippen LogP contribution is 2.28. The number of aromatic nitrogens is 1. The average molecular weight is 256 g/mol. The highest BCUT2D eigenvalue weighted by molar-refractivity contribution is 7.22. The van der Waals surface area contributed by atoms with Crippen LogP contribution < -0.4 is 11.1 Å². The molecule has 0 aliphatic carbocycles. The van der Waals surface area contributed by atoms with Gasteiger partial charge in [0.25, 0.3) is 0 Å². The van der Waals surface area contributed by atoms with Gasteiger partial charge in [0.15, 0.2) is 5.13 Å². The maximum atomic E-state index is 10.9. The standard InChI is InChI=1S/C10H10ClN3OS/c1-5(9(12)15)13-10-14-7-4-6(11)2-3-8(7)16-10/h2-5H,1H3,(H2,12,15)(H,13,14). The van der Waals surface area contributed by atoms with Gasteiger partial charge in [-0.05, 0) is 25.1 Å². The molecule has 3 N–H and O–H groups in total.